The van der Waals surface area contributed by atoms with Gasteiger partial charge in [0.2, 0.25) is 0 Å². The van der Waals surface area contributed by atoms with Gasteiger partial charge in [0, 0.05) is 24.2 Å². The van der Waals surface area contributed by atoms with E-state index in [9.17, 15) is 4.39 Å². The summed E-state index contributed by atoms with van der Waals surface area (Å²) in [6.45, 7) is 3.55. The zero-order chi connectivity index (χ0) is 12.3. The van der Waals surface area contributed by atoms with Gasteiger partial charge in [0.1, 0.15) is 5.82 Å². The van der Waals surface area contributed by atoms with Gasteiger partial charge in [-0.25, -0.2) is 4.39 Å². The Morgan fingerprint density at radius 3 is 3.00 bits per heavy atom. The third-order valence-corrected chi connectivity index (χ3v) is 3.29. The van der Waals surface area contributed by atoms with Crippen LogP contribution in [-0.4, -0.2) is 18.8 Å². The first-order valence-electron chi connectivity index (χ1n) is 5.95. The fraction of sp³-hybridized carbons (Fsp3) is 0.538. The predicted octanol–water partition coefficient (Wildman–Crippen LogP) is 3.14. The summed E-state index contributed by atoms with van der Waals surface area (Å²) in [6, 6.07) is 4.87. The van der Waals surface area contributed by atoms with Gasteiger partial charge in [0.25, 0.3) is 0 Å². The minimum absolute atomic E-state index is 0.277. The number of benzene rings is 1. The van der Waals surface area contributed by atoms with Gasteiger partial charge in [-0.1, -0.05) is 11.6 Å². The molecule has 2 rings (SSSR count). The van der Waals surface area contributed by atoms with E-state index < -0.39 is 0 Å². The standard InChI is InChI=1S/C13H17ClFNO/c1-9(13-3-2-4-17-13)16-8-10-5-11(14)7-12(15)6-10/h5-7,9,13,16H,2-4,8H2,1H3. The van der Waals surface area contributed by atoms with Crippen molar-refractivity contribution in [3.63, 3.8) is 0 Å². The van der Waals surface area contributed by atoms with Crippen LogP contribution in [0.3, 0.4) is 0 Å². The first kappa shape index (κ1) is 12.8. The fourth-order valence-electron chi connectivity index (χ4n) is 2.12. The van der Waals surface area contributed by atoms with Gasteiger partial charge in [-0.15, -0.1) is 0 Å². The summed E-state index contributed by atoms with van der Waals surface area (Å²) in [4.78, 5) is 0. The lowest BCUT2D eigenvalue weighted by molar-refractivity contribution is 0.0832. The second-order valence-corrected chi connectivity index (χ2v) is 4.94. The Labute approximate surface area is 106 Å². The largest absolute Gasteiger partial charge is 0.377 e. The Bertz CT molecular complexity index is 359. The zero-order valence-electron chi connectivity index (χ0n) is 9.88. The Hall–Kier alpha value is -0.640. The van der Waals surface area contributed by atoms with E-state index in [0.29, 0.717) is 11.6 Å². The van der Waals surface area contributed by atoms with E-state index >= 15 is 0 Å². The summed E-state index contributed by atoms with van der Waals surface area (Å²) >= 11 is 5.80. The van der Waals surface area contributed by atoms with Crippen LogP contribution in [0.5, 0.6) is 0 Å². The number of hydrogen-bond acceptors (Lipinski definition) is 2. The molecule has 4 heteroatoms. The van der Waals surface area contributed by atoms with Crippen molar-refractivity contribution in [2.75, 3.05) is 6.61 Å². The molecule has 0 saturated carbocycles. The van der Waals surface area contributed by atoms with E-state index in [1.54, 1.807) is 6.07 Å². The predicted molar refractivity (Wildman–Crippen MR) is 66.7 cm³/mol. The maximum absolute atomic E-state index is 13.1. The molecule has 0 bridgehead atoms. The van der Waals surface area contributed by atoms with E-state index in [1.807, 2.05) is 0 Å². The van der Waals surface area contributed by atoms with E-state index in [2.05, 4.69) is 12.2 Å². The molecule has 17 heavy (non-hydrogen) atoms. The Balaban J connectivity index is 1.88. The maximum Gasteiger partial charge on any atom is 0.125 e. The van der Waals surface area contributed by atoms with Gasteiger partial charge in [-0.2, -0.15) is 0 Å². The number of ether oxygens (including phenoxy) is 1. The molecule has 2 unspecified atom stereocenters. The highest BCUT2D eigenvalue weighted by Gasteiger charge is 2.21. The lowest BCUT2D eigenvalue weighted by Gasteiger charge is -2.20. The lowest BCUT2D eigenvalue weighted by Crippen LogP contribution is -2.36. The highest BCUT2D eigenvalue weighted by molar-refractivity contribution is 6.30. The van der Waals surface area contributed by atoms with Gasteiger partial charge < -0.3 is 10.1 Å². The highest BCUT2D eigenvalue weighted by atomic mass is 35.5. The second-order valence-electron chi connectivity index (χ2n) is 4.50. The molecule has 0 radical (unpaired) electrons. The molecule has 0 spiro atoms. The molecule has 0 amide bonds. The molecule has 1 aliphatic rings. The fourth-order valence-corrected chi connectivity index (χ4v) is 2.36. The highest BCUT2D eigenvalue weighted by Crippen LogP contribution is 2.17. The van der Waals surface area contributed by atoms with Crippen LogP contribution in [0.1, 0.15) is 25.3 Å². The molecule has 0 aliphatic carbocycles. The molecule has 1 saturated heterocycles. The van der Waals surface area contributed by atoms with Crippen molar-refractivity contribution in [3.8, 4) is 0 Å². The number of hydrogen-bond donors (Lipinski definition) is 1. The summed E-state index contributed by atoms with van der Waals surface area (Å²) in [6.07, 6.45) is 2.50. The number of halogens is 2. The smallest absolute Gasteiger partial charge is 0.125 e. The van der Waals surface area contributed by atoms with E-state index in [-0.39, 0.29) is 18.0 Å². The van der Waals surface area contributed by atoms with Gasteiger partial charge in [0.05, 0.1) is 6.10 Å². The molecule has 1 N–H and O–H groups in total. The average molecular weight is 258 g/mol. The zero-order valence-corrected chi connectivity index (χ0v) is 10.6. The Morgan fingerprint density at radius 1 is 1.53 bits per heavy atom. The van der Waals surface area contributed by atoms with Crippen molar-refractivity contribution in [3.05, 3.63) is 34.6 Å². The summed E-state index contributed by atoms with van der Waals surface area (Å²) < 4.78 is 18.7. The molecule has 1 fully saturated rings. The topological polar surface area (TPSA) is 21.3 Å². The van der Waals surface area contributed by atoms with Crippen LogP contribution in [0, 0.1) is 5.82 Å². The molecular formula is C13H17ClFNO. The van der Waals surface area contributed by atoms with Gasteiger partial charge in [-0.3, -0.25) is 0 Å². The molecule has 2 nitrogen and oxygen atoms in total. The first-order valence-corrected chi connectivity index (χ1v) is 6.33. The van der Waals surface area contributed by atoms with Gasteiger partial charge >= 0.3 is 0 Å². The summed E-state index contributed by atoms with van der Waals surface area (Å²) in [5, 5.41) is 3.78. The minimum Gasteiger partial charge on any atom is -0.377 e. The molecule has 1 aromatic carbocycles. The van der Waals surface area contributed by atoms with Gasteiger partial charge in [-0.05, 0) is 43.5 Å². The summed E-state index contributed by atoms with van der Waals surface area (Å²) in [5.41, 5.74) is 0.861. The van der Waals surface area contributed by atoms with Crippen molar-refractivity contribution in [1.82, 2.24) is 5.32 Å². The molecule has 1 aromatic rings. The molecule has 0 aromatic heterocycles. The molecule has 1 heterocycles. The van der Waals surface area contributed by atoms with Crippen LogP contribution >= 0.6 is 11.6 Å². The summed E-state index contributed by atoms with van der Waals surface area (Å²) in [7, 11) is 0. The van der Waals surface area contributed by atoms with Crippen LogP contribution in [0.25, 0.3) is 0 Å². The van der Waals surface area contributed by atoms with Crippen molar-refractivity contribution in [1.29, 1.82) is 0 Å². The van der Waals surface area contributed by atoms with Gasteiger partial charge in [0.15, 0.2) is 0 Å². The molecule has 94 valence electrons. The van der Waals surface area contributed by atoms with E-state index in [0.717, 1.165) is 25.0 Å². The quantitative estimate of drug-likeness (QED) is 0.895. The van der Waals surface area contributed by atoms with E-state index in [1.165, 1.54) is 12.1 Å². The van der Waals surface area contributed by atoms with Crippen LogP contribution in [0.15, 0.2) is 18.2 Å². The average Bonchev–Trinajstić information content (AvgIpc) is 2.78. The monoisotopic (exact) mass is 257 g/mol. The van der Waals surface area contributed by atoms with Crippen LogP contribution in [0.4, 0.5) is 4.39 Å². The Kier molecular flexibility index (Phi) is 4.37. The van der Waals surface area contributed by atoms with Crippen molar-refractivity contribution >= 4 is 11.6 Å². The number of rotatable bonds is 4. The van der Waals surface area contributed by atoms with Crippen molar-refractivity contribution in [2.24, 2.45) is 0 Å². The van der Waals surface area contributed by atoms with Crippen LogP contribution in [-0.2, 0) is 11.3 Å². The maximum atomic E-state index is 13.1. The summed E-state index contributed by atoms with van der Waals surface area (Å²) in [5.74, 6) is -0.293. The van der Waals surface area contributed by atoms with Crippen molar-refractivity contribution < 1.29 is 9.13 Å². The van der Waals surface area contributed by atoms with Crippen LogP contribution < -0.4 is 5.32 Å². The lowest BCUT2D eigenvalue weighted by atomic mass is 10.1. The second kappa shape index (κ2) is 5.80. The third kappa shape index (κ3) is 3.66. The third-order valence-electron chi connectivity index (χ3n) is 3.07. The normalized spacial score (nSPS) is 21.7. The first-order chi connectivity index (χ1) is 8.15. The molecular weight excluding hydrogens is 241 g/mol. The Morgan fingerprint density at radius 2 is 2.35 bits per heavy atom. The number of nitrogens with one attached hydrogen (secondary N) is 1. The minimum atomic E-state index is -0.293. The van der Waals surface area contributed by atoms with Crippen molar-refractivity contribution in [2.45, 2.75) is 38.5 Å². The van der Waals surface area contributed by atoms with Crippen LogP contribution in [0.2, 0.25) is 5.02 Å². The van der Waals surface area contributed by atoms with E-state index in [4.69, 9.17) is 16.3 Å². The molecule has 1 aliphatic heterocycles. The molecule has 2 atom stereocenters. The SMILES string of the molecule is CC(NCc1cc(F)cc(Cl)c1)C1CCCO1.